The van der Waals surface area contributed by atoms with Crippen molar-refractivity contribution in [1.82, 2.24) is 10.2 Å². The molecule has 0 aliphatic carbocycles. The van der Waals surface area contributed by atoms with Crippen molar-refractivity contribution in [3.05, 3.63) is 107 Å². The van der Waals surface area contributed by atoms with Crippen molar-refractivity contribution in [2.45, 2.75) is 39.3 Å². The van der Waals surface area contributed by atoms with Crippen LogP contribution in [0.15, 0.2) is 78.9 Å². The summed E-state index contributed by atoms with van der Waals surface area (Å²) in [6, 6.07) is 25.2. The molecule has 160 valence electrons. The van der Waals surface area contributed by atoms with E-state index in [1.165, 1.54) is 0 Å². The molecule has 0 aliphatic heterocycles. The number of amides is 2. The van der Waals surface area contributed by atoms with Gasteiger partial charge in [0.15, 0.2) is 0 Å². The fourth-order valence-electron chi connectivity index (χ4n) is 3.79. The summed E-state index contributed by atoms with van der Waals surface area (Å²) in [5.41, 5.74) is 5.24. The van der Waals surface area contributed by atoms with Gasteiger partial charge in [-0.3, -0.25) is 9.59 Å². The summed E-state index contributed by atoms with van der Waals surface area (Å²) < 4.78 is 0. The smallest absolute Gasteiger partial charge is 0.242 e. The number of hydrogen-bond acceptors (Lipinski definition) is 2. The molecule has 1 unspecified atom stereocenters. The van der Waals surface area contributed by atoms with Crippen LogP contribution in [-0.2, 0) is 29.0 Å². The first kappa shape index (κ1) is 22.3. The molecule has 0 heterocycles. The molecule has 4 nitrogen and oxygen atoms in total. The van der Waals surface area contributed by atoms with Crippen LogP contribution in [0.2, 0.25) is 0 Å². The lowest BCUT2D eigenvalue weighted by Gasteiger charge is -2.31. The minimum atomic E-state index is -0.593. The lowest BCUT2D eigenvalue weighted by Crippen LogP contribution is -2.50. The van der Waals surface area contributed by atoms with E-state index in [0.29, 0.717) is 13.0 Å². The monoisotopic (exact) mass is 414 g/mol. The van der Waals surface area contributed by atoms with Crippen molar-refractivity contribution in [2.75, 3.05) is 7.05 Å². The normalized spacial score (nSPS) is 11.6. The molecule has 0 radical (unpaired) electrons. The molecule has 3 aromatic rings. The number of hydrogen-bond donors (Lipinski definition) is 1. The number of carbonyl (C=O) groups excluding carboxylic acids is 2. The van der Waals surface area contributed by atoms with E-state index < -0.39 is 6.04 Å². The molecule has 1 atom stereocenters. The minimum absolute atomic E-state index is 0.0571. The maximum Gasteiger partial charge on any atom is 0.242 e. The molecular formula is C27H30N2O2. The molecule has 4 heteroatoms. The van der Waals surface area contributed by atoms with Crippen LogP contribution in [0.1, 0.15) is 27.8 Å². The van der Waals surface area contributed by atoms with Crippen molar-refractivity contribution < 1.29 is 9.59 Å². The quantitative estimate of drug-likeness (QED) is 0.600. The van der Waals surface area contributed by atoms with E-state index >= 15 is 0 Å². The number of carbonyl (C=O) groups is 2. The second-order valence-electron chi connectivity index (χ2n) is 7.93. The number of likely N-dealkylation sites (N-methyl/N-ethyl adjacent to an activating group) is 1. The Labute approximate surface area is 184 Å². The van der Waals surface area contributed by atoms with E-state index in [1.807, 2.05) is 92.7 Å². The number of nitrogens with one attached hydrogen (secondary N) is 1. The predicted octanol–water partition coefficient (Wildman–Crippen LogP) is 4.23. The van der Waals surface area contributed by atoms with Crippen LogP contribution >= 0.6 is 0 Å². The van der Waals surface area contributed by atoms with Crippen molar-refractivity contribution >= 4 is 11.8 Å². The van der Waals surface area contributed by atoms with Gasteiger partial charge in [0.05, 0.1) is 6.42 Å². The van der Waals surface area contributed by atoms with E-state index in [0.717, 1.165) is 27.8 Å². The Hall–Kier alpha value is -3.40. The molecule has 0 bridgehead atoms. The van der Waals surface area contributed by atoms with Gasteiger partial charge >= 0.3 is 0 Å². The molecule has 0 spiro atoms. The molecule has 31 heavy (non-hydrogen) atoms. The summed E-state index contributed by atoms with van der Waals surface area (Å²) in [5, 5.41) is 2.76. The van der Waals surface area contributed by atoms with Gasteiger partial charge in [-0.15, -0.1) is 0 Å². The predicted molar refractivity (Wildman–Crippen MR) is 125 cm³/mol. The first-order chi connectivity index (χ1) is 15.0. The summed E-state index contributed by atoms with van der Waals surface area (Å²) >= 11 is 0. The lowest BCUT2D eigenvalue weighted by atomic mass is 10.00. The van der Waals surface area contributed by atoms with Gasteiger partial charge in [-0.1, -0.05) is 84.4 Å². The second kappa shape index (κ2) is 10.6. The number of aryl methyl sites for hydroxylation is 2. The van der Waals surface area contributed by atoms with Gasteiger partial charge in [-0.2, -0.15) is 0 Å². The molecule has 0 aliphatic rings. The summed E-state index contributed by atoms with van der Waals surface area (Å²) in [4.78, 5) is 28.2. The fourth-order valence-corrected chi connectivity index (χ4v) is 3.79. The Kier molecular flexibility index (Phi) is 7.60. The number of nitrogens with zero attached hydrogens (tertiary/aromatic N) is 1. The maximum atomic E-state index is 13.5. The first-order valence-electron chi connectivity index (χ1n) is 10.6. The zero-order valence-electron chi connectivity index (χ0n) is 18.5. The maximum absolute atomic E-state index is 13.5. The third kappa shape index (κ3) is 6.05. The molecule has 3 rings (SSSR count). The molecular weight excluding hydrogens is 384 g/mol. The van der Waals surface area contributed by atoms with E-state index in [4.69, 9.17) is 0 Å². The SMILES string of the molecule is CNC(=O)C(Cc1ccccc1)N(Cc1ccccc1C)C(=O)Cc1cccc(C)c1. The zero-order chi connectivity index (χ0) is 22.2. The number of rotatable bonds is 8. The lowest BCUT2D eigenvalue weighted by molar-refractivity contribution is -0.140. The average molecular weight is 415 g/mol. The van der Waals surface area contributed by atoms with E-state index in [-0.39, 0.29) is 18.2 Å². The van der Waals surface area contributed by atoms with Gasteiger partial charge in [0.2, 0.25) is 11.8 Å². The molecule has 0 fully saturated rings. The molecule has 0 aromatic heterocycles. The van der Waals surface area contributed by atoms with Crippen LogP contribution in [-0.4, -0.2) is 29.8 Å². The van der Waals surface area contributed by atoms with Crippen LogP contribution in [0, 0.1) is 13.8 Å². The minimum Gasteiger partial charge on any atom is -0.357 e. The fraction of sp³-hybridized carbons (Fsp3) is 0.259. The second-order valence-corrected chi connectivity index (χ2v) is 7.93. The van der Waals surface area contributed by atoms with Gasteiger partial charge in [-0.25, -0.2) is 0 Å². The van der Waals surface area contributed by atoms with Crippen molar-refractivity contribution in [3.8, 4) is 0 Å². The van der Waals surface area contributed by atoms with E-state index in [9.17, 15) is 9.59 Å². The summed E-state index contributed by atoms with van der Waals surface area (Å²) in [6.45, 7) is 4.44. The summed E-state index contributed by atoms with van der Waals surface area (Å²) in [7, 11) is 1.62. The Morgan fingerprint density at radius 1 is 0.871 bits per heavy atom. The third-order valence-corrected chi connectivity index (χ3v) is 5.56. The van der Waals surface area contributed by atoms with Crippen LogP contribution < -0.4 is 5.32 Å². The Morgan fingerprint density at radius 2 is 1.55 bits per heavy atom. The highest BCUT2D eigenvalue weighted by Gasteiger charge is 2.30. The highest BCUT2D eigenvalue weighted by atomic mass is 16.2. The van der Waals surface area contributed by atoms with Crippen LogP contribution in [0.5, 0.6) is 0 Å². The van der Waals surface area contributed by atoms with Crippen molar-refractivity contribution in [2.24, 2.45) is 0 Å². The summed E-state index contributed by atoms with van der Waals surface area (Å²) in [5.74, 6) is -0.214. The van der Waals surface area contributed by atoms with Gasteiger partial charge in [-0.05, 0) is 36.1 Å². The Morgan fingerprint density at radius 3 is 2.23 bits per heavy atom. The van der Waals surface area contributed by atoms with Crippen LogP contribution in [0.3, 0.4) is 0 Å². The molecule has 2 amide bonds. The Balaban J connectivity index is 1.95. The third-order valence-electron chi connectivity index (χ3n) is 5.56. The van der Waals surface area contributed by atoms with E-state index in [2.05, 4.69) is 5.32 Å². The van der Waals surface area contributed by atoms with Crippen LogP contribution in [0.4, 0.5) is 0 Å². The zero-order valence-corrected chi connectivity index (χ0v) is 18.5. The molecule has 0 saturated heterocycles. The number of benzene rings is 3. The van der Waals surface area contributed by atoms with E-state index in [1.54, 1.807) is 11.9 Å². The summed E-state index contributed by atoms with van der Waals surface area (Å²) in [6.07, 6.45) is 0.724. The van der Waals surface area contributed by atoms with Crippen molar-refractivity contribution in [3.63, 3.8) is 0 Å². The van der Waals surface area contributed by atoms with Gasteiger partial charge in [0, 0.05) is 20.0 Å². The van der Waals surface area contributed by atoms with Crippen molar-refractivity contribution in [1.29, 1.82) is 0 Å². The topological polar surface area (TPSA) is 49.4 Å². The molecule has 3 aromatic carbocycles. The standard InChI is InChI=1S/C27H30N2O2/c1-20-10-9-14-23(16-20)18-26(30)29(19-24-15-8-7-11-21(24)2)25(27(31)28-3)17-22-12-5-4-6-13-22/h4-16,25H,17-19H2,1-3H3,(H,28,31). The highest BCUT2D eigenvalue weighted by Crippen LogP contribution is 2.18. The molecule has 1 N–H and O–H groups in total. The molecule has 0 saturated carbocycles. The Bertz CT molecular complexity index is 1030. The van der Waals surface area contributed by atoms with Gasteiger partial charge in [0.1, 0.15) is 6.04 Å². The van der Waals surface area contributed by atoms with Crippen LogP contribution in [0.25, 0.3) is 0 Å². The van der Waals surface area contributed by atoms with Gasteiger partial charge < -0.3 is 10.2 Å². The first-order valence-corrected chi connectivity index (χ1v) is 10.6. The van der Waals surface area contributed by atoms with Gasteiger partial charge in [0.25, 0.3) is 0 Å². The largest absolute Gasteiger partial charge is 0.357 e. The average Bonchev–Trinajstić information content (AvgIpc) is 2.77. The highest BCUT2D eigenvalue weighted by molar-refractivity contribution is 5.88.